The van der Waals surface area contributed by atoms with E-state index in [1.807, 2.05) is 0 Å². The average molecular weight is 370 g/mol. The zero-order chi connectivity index (χ0) is 19.0. The van der Waals surface area contributed by atoms with Gasteiger partial charge in [-0.05, 0) is 30.5 Å². The second-order valence-corrected chi connectivity index (χ2v) is 7.27. The van der Waals surface area contributed by atoms with Gasteiger partial charge in [-0.3, -0.25) is 9.69 Å². The first-order valence-electron chi connectivity index (χ1n) is 9.27. The van der Waals surface area contributed by atoms with Gasteiger partial charge in [0.1, 0.15) is 16.9 Å². The molecular weight excluding hydrogens is 348 g/mol. The fraction of sp³-hybridized carbons (Fsp3) is 0.450. The smallest absolute Gasteiger partial charge is 0.336 e. The van der Waals surface area contributed by atoms with Crippen molar-refractivity contribution in [2.45, 2.75) is 50.6 Å². The summed E-state index contributed by atoms with van der Waals surface area (Å²) in [5.41, 5.74) is -0.361. The lowest BCUT2D eigenvalue weighted by atomic mass is 9.90. The van der Waals surface area contributed by atoms with E-state index in [0.717, 1.165) is 25.7 Å². The molecule has 1 saturated heterocycles. The van der Waals surface area contributed by atoms with Gasteiger partial charge in [-0.25, -0.2) is 9.59 Å². The number of nitrogens with zero attached hydrogens (tertiary/aromatic N) is 1. The number of ether oxygens (including phenoxy) is 1. The topological polar surface area (TPSA) is 88.9 Å². The number of nitrogens with one attached hydrogen (secondary N) is 1. The largest absolute Gasteiger partial charge is 0.497 e. The van der Waals surface area contributed by atoms with Gasteiger partial charge in [0.15, 0.2) is 0 Å². The first-order valence-corrected chi connectivity index (χ1v) is 9.27. The number of amides is 3. The zero-order valence-electron chi connectivity index (χ0n) is 15.2. The van der Waals surface area contributed by atoms with Crippen LogP contribution in [0.5, 0.6) is 5.75 Å². The molecule has 0 radical (unpaired) electrons. The zero-order valence-corrected chi connectivity index (χ0v) is 15.2. The summed E-state index contributed by atoms with van der Waals surface area (Å²) in [5.74, 6) is 0.375. The highest BCUT2D eigenvalue weighted by Gasteiger charge is 2.50. The van der Waals surface area contributed by atoms with Crippen molar-refractivity contribution < 1.29 is 18.7 Å². The Kier molecular flexibility index (Phi) is 4.37. The molecule has 7 nitrogen and oxygen atoms in total. The van der Waals surface area contributed by atoms with E-state index in [9.17, 15) is 14.4 Å². The molecule has 1 aromatic heterocycles. The lowest BCUT2D eigenvalue weighted by Crippen LogP contribution is -2.46. The maximum absolute atomic E-state index is 13.1. The fourth-order valence-corrected chi connectivity index (χ4v) is 4.13. The van der Waals surface area contributed by atoms with Gasteiger partial charge in [-0.15, -0.1) is 0 Å². The molecule has 1 aromatic carbocycles. The van der Waals surface area contributed by atoms with Gasteiger partial charge in [0, 0.05) is 17.5 Å². The number of carbonyl (C=O) groups excluding carboxylic acids is 2. The van der Waals surface area contributed by atoms with Gasteiger partial charge in [0.2, 0.25) is 0 Å². The number of rotatable bonds is 3. The summed E-state index contributed by atoms with van der Waals surface area (Å²) in [5, 5.41) is 3.60. The highest BCUT2D eigenvalue weighted by molar-refractivity contribution is 6.07. The van der Waals surface area contributed by atoms with Crippen LogP contribution in [0.15, 0.2) is 33.5 Å². The molecule has 7 heteroatoms. The molecular formula is C20H22N2O5. The van der Waals surface area contributed by atoms with E-state index in [-0.39, 0.29) is 12.5 Å². The van der Waals surface area contributed by atoms with E-state index in [1.54, 1.807) is 18.2 Å². The average Bonchev–Trinajstić information content (AvgIpc) is 2.82. The number of fused-ring (bicyclic) bond motifs is 1. The molecule has 2 aromatic rings. The number of benzene rings is 1. The Morgan fingerprint density at radius 3 is 2.56 bits per heavy atom. The minimum absolute atomic E-state index is 0.0425. The number of methoxy groups -OCH3 is 1. The molecule has 2 aliphatic rings. The van der Waals surface area contributed by atoms with Crippen molar-refractivity contribution in [1.82, 2.24) is 10.2 Å². The van der Waals surface area contributed by atoms with Crippen LogP contribution >= 0.6 is 0 Å². The Hall–Kier alpha value is -2.83. The van der Waals surface area contributed by atoms with Crippen molar-refractivity contribution in [2.24, 2.45) is 0 Å². The predicted octanol–water partition coefficient (Wildman–Crippen LogP) is 2.95. The van der Waals surface area contributed by atoms with Crippen molar-refractivity contribution in [3.63, 3.8) is 0 Å². The van der Waals surface area contributed by atoms with Crippen molar-refractivity contribution in [2.75, 3.05) is 7.11 Å². The second kappa shape index (κ2) is 6.72. The second-order valence-electron chi connectivity index (χ2n) is 7.27. The lowest BCUT2D eigenvalue weighted by molar-refractivity contribution is -0.132. The summed E-state index contributed by atoms with van der Waals surface area (Å²) in [6.07, 6.45) is 5.36. The standard InChI is InChI=1S/C20H22N2O5/c1-26-14-6-7-15-13(10-17(23)27-16(15)11-14)12-22-18(24)20(21-19(22)25)8-4-2-3-5-9-20/h6-7,10-11H,2-5,8-9,12H2,1H3,(H,21,25). The Balaban J connectivity index is 1.68. The summed E-state index contributed by atoms with van der Waals surface area (Å²) in [7, 11) is 1.53. The number of hydrogen-bond donors (Lipinski definition) is 1. The van der Waals surface area contributed by atoms with Crippen LogP contribution < -0.4 is 15.7 Å². The Bertz CT molecular complexity index is 956. The summed E-state index contributed by atoms with van der Waals surface area (Å²) < 4.78 is 10.4. The fourth-order valence-electron chi connectivity index (χ4n) is 4.13. The summed E-state index contributed by atoms with van der Waals surface area (Å²) in [6, 6.07) is 6.10. The third-order valence-electron chi connectivity index (χ3n) is 5.57. The Labute approximate surface area is 156 Å². The number of urea groups is 1. The quantitative estimate of drug-likeness (QED) is 0.663. The minimum Gasteiger partial charge on any atom is -0.497 e. The van der Waals surface area contributed by atoms with Crippen LogP contribution in [0.1, 0.15) is 44.1 Å². The van der Waals surface area contributed by atoms with Crippen LogP contribution in [0.25, 0.3) is 11.0 Å². The number of hydrogen-bond acceptors (Lipinski definition) is 5. The minimum atomic E-state index is -0.786. The molecule has 2 heterocycles. The molecule has 4 rings (SSSR count). The first-order chi connectivity index (χ1) is 13.0. The van der Waals surface area contributed by atoms with Crippen LogP contribution in [-0.4, -0.2) is 29.5 Å². The van der Waals surface area contributed by atoms with Gasteiger partial charge in [0.05, 0.1) is 13.7 Å². The SMILES string of the molecule is COc1ccc2c(CN3C(=O)NC4(CCCCCC4)C3=O)cc(=O)oc2c1. The third-order valence-corrected chi connectivity index (χ3v) is 5.57. The van der Waals surface area contributed by atoms with Crippen molar-refractivity contribution in [1.29, 1.82) is 0 Å². The molecule has 1 aliphatic carbocycles. The Morgan fingerprint density at radius 2 is 1.85 bits per heavy atom. The molecule has 0 unspecified atom stereocenters. The molecule has 1 N–H and O–H groups in total. The van der Waals surface area contributed by atoms with Gasteiger partial charge in [-0.2, -0.15) is 0 Å². The monoisotopic (exact) mass is 370 g/mol. The van der Waals surface area contributed by atoms with Crippen LogP contribution in [0.4, 0.5) is 4.79 Å². The molecule has 1 spiro atoms. The maximum atomic E-state index is 13.1. The number of carbonyl (C=O) groups is 2. The highest BCUT2D eigenvalue weighted by Crippen LogP contribution is 2.34. The lowest BCUT2D eigenvalue weighted by Gasteiger charge is -2.24. The predicted molar refractivity (Wildman–Crippen MR) is 98.6 cm³/mol. The van der Waals surface area contributed by atoms with Gasteiger partial charge in [0.25, 0.3) is 5.91 Å². The van der Waals surface area contributed by atoms with E-state index in [1.165, 1.54) is 18.1 Å². The first kappa shape index (κ1) is 17.6. The molecule has 2 fully saturated rings. The van der Waals surface area contributed by atoms with Crippen molar-refractivity contribution >= 4 is 22.9 Å². The van der Waals surface area contributed by atoms with Gasteiger partial charge >= 0.3 is 11.7 Å². The van der Waals surface area contributed by atoms with Crippen LogP contribution in [0, 0.1) is 0 Å². The van der Waals surface area contributed by atoms with Gasteiger partial charge < -0.3 is 14.5 Å². The normalized spacial score (nSPS) is 19.4. The molecule has 0 atom stereocenters. The summed E-state index contributed by atoms with van der Waals surface area (Å²) in [4.78, 5) is 38.9. The van der Waals surface area contributed by atoms with Crippen molar-refractivity contribution in [3.8, 4) is 5.75 Å². The molecule has 3 amide bonds. The number of imide groups is 1. The molecule has 142 valence electrons. The Morgan fingerprint density at radius 1 is 1.11 bits per heavy atom. The highest BCUT2D eigenvalue weighted by atomic mass is 16.5. The molecule has 0 bridgehead atoms. The van der Waals surface area contributed by atoms with E-state index in [2.05, 4.69) is 5.32 Å². The summed E-state index contributed by atoms with van der Waals surface area (Å²) in [6.45, 7) is 0.0425. The van der Waals surface area contributed by atoms with Gasteiger partial charge in [-0.1, -0.05) is 25.7 Å². The molecule has 27 heavy (non-hydrogen) atoms. The van der Waals surface area contributed by atoms with E-state index in [4.69, 9.17) is 9.15 Å². The van der Waals surface area contributed by atoms with E-state index < -0.39 is 17.2 Å². The van der Waals surface area contributed by atoms with Crippen LogP contribution in [-0.2, 0) is 11.3 Å². The third kappa shape index (κ3) is 3.07. The van der Waals surface area contributed by atoms with E-state index >= 15 is 0 Å². The maximum Gasteiger partial charge on any atom is 0.336 e. The summed E-state index contributed by atoms with van der Waals surface area (Å²) >= 11 is 0. The van der Waals surface area contributed by atoms with Crippen LogP contribution in [0.3, 0.4) is 0 Å². The van der Waals surface area contributed by atoms with Crippen molar-refractivity contribution in [3.05, 3.63) is 40.2 Å². The van der Waals surface area contributed by atoms with Crippen LogP contribution in [0.2, 0.25) is 0 Å². The molecule has 1 aliphatic heterocycles. The van der Waals surface area contributed by atoms with E-state index in [0.29, 0.717) is 35.1 Å². The molecule has 1 saturated carbocycles.